The normalized spacial score (nSPS) is 15.8. The monoisotopic (exact) mass is 346 g/mol. The molecule has 0 aromatic carbocycles. The van der Waals surface area contributed by atoms with E-state index in [1.807, 2.05) is 0 Å². The number of amides is 3. The maximum atomic E-state index is 12.0. The van der Waals surface area contributed by atoms with Crippen molar-refractivity contribution in [3.8, 4) is 0 Å². The molecule has 7 N–H and O–H groups in total. The molecule has 10 nitrogen and oxygen atoms in total. The Balaban J connectivity index is 4.67. The molecular formula is C14H26N4O6. The second-order valence-corrected chi connectivity index (χ2v) is 5.81. The van der Waals surface area contributed by atoms with Gasteiger partial charge in [-0.2, -0.15) is 0 Å². The van der Waals surface area contributed by atoms with Crippen molar-refractivity contribution in [1.29, 1.82) is 0 Å². The summed E-state index contributed by atoms with van der Waals surface area (Å²) in [5.74, 6) is -3.47. The summed E-state index contributed by atoms with van der Waals surface area (Å²) in [5, 5.41) is 24.7. The number of hydrogen-bond donors (Lipinski definition) is 6. The van der Waals surface area contributed by atoms with Gasteiger partial charge in [-0.1, -0.05) is 13.8 Å². The van der Waals surface area contributed by atoms with Crippen LogP contribution in [0.4, 0.5) is 0 Å². The predicted octanol–water partition coefficient (Wildman–Crippen LogP) is -2.46. The third kappa shape index (κ3) is 6.92. The molecule has 0 aromatic rings. The Morgan fingerprint density at radius 3 is 1.79 bits per heavy atom. The topological polar surface area (TPSA) is 171 Å². The van der Waals surface area contributed by atoms with Crippen molar-refractivity contribution in [1.82, 2.24) is 16.0 Å². The van der Waals surface area contributed by atoms with Gasteiger partial charge < -0.3 is 31.9 Å². The van der Waals surface area contributed by atoms with Gasteiger partial charge >= 0.3 is 5.97 Å². The maximum absolute atomic E-state index is 12.0. The molecule has 0 fully saturated rings. The van der Waals surface area contributed by atoms with Gasteiger partial charge in [-0.05, 0) is 19.8 Å². The number of carbonyl (C=O) groups excluding carboxylic acids is 3. The molecule has 0 spiro atoms. The van der Waals surface area contributed by atoms with E-state index in [9.17, 15) is 24.3 Å². The van der Waals surface area contributed by atoms with E-state index in [4.69, 9.17) is 10.8 Å². The molecule has 0 heterocycles. The lowest BCUT2D eigenvalue weighted by Crippen LogP contribution is -2.57. The number of aliphatic carboxylic acids is 1. The van der Waals surface area contributed by atoms with Gasteiger partial charge in [-0.25, -0.2) is 0 Å². The van der Waals surface area contributed by atoms with Gasteiger partial charge in [-0.15, -0.1) is 0 Å². The van der Waals surface area contributed by atoms with Gasteiger partial charge in [0.1, 0.15) is 18.1 Å². The van der Waals surface area contributed by atoms with Crippen LogP contribution in [0.2, 0.25) is 0 Å². The second kappa shape index (κ2) is 9.83. The second-order valence-electron chi connectivity index (χ2n) is 5.81. The van der Waals surface area contributed by atoms with Crippen molar-refractivity contribution in [2.45, 2.75) is 51.9 Å². The molecule has 0 aliphatic rings. The summed E-state index contributed by atoms with van der Waals surface area (Å²) in [6, 6.07) is -4.28. The third-order valence-corrected chi connectivity index (χ3v) is 3.32. The average Bonchev–Trinajstić information content (AvgIpc) is 2.50. The molecule has 24 heavy (non-hydrogen) atoms. The smallest absolute Gasteiger partial charge is 0.325 e. The molecule has 10 heteroatoms. The first-order valence-electron chi connectivity index (χ1n) is 7.51. The number of hydrogen-bond acceptors (Lipinski definition) is 6. The minimum absolute atomic E-state index is 0.158. The number of nitrogens with two attached hydrogens (primary N) is 1. The van der Waals surface area contributed by atoms with Crippen LogP contribution in [0.3, 0.4) is 0 Å². The lowest BCUT2D eigenvalue weighted by atomic mass is 10.0. The highest BCUT2D eigenvalue weighted by molar-refractivity contribution is 5.93. The SMILES string of the molecule is CC(NC(=O)C(C)NC(=O)C(CO)NC(=O)C(N)C(C)C)C(=O)O. The minimum Gasteiger partial charge on any atom is -0.480 e. The van der Waals surface area contributed by atoms with E-state index < -0.39 is 54.5 Å². The van der Waals surface area contributed by atoms with Crippen LogP contribution in [0.15, 0.2) is 0 Å². The molecule has 4 unspecified atom stereocenters. The largest absolute Gasteiger partial charge is 0.480 e. The molecule has 0 aliphatic carbocycles. The van der Waals surface area contributed by atoms with Crippen molar-refractivity contribution < 1.29 is 29.4 Å². The van der Waals surface area contributed by atoms with E-state index in [2.05, 4.69) is 16.0 Å². The number of aliphatic hydroxyl groups excluding tert-OH is 1. The highest BCUT2D eigenvalue weighted by atomic mass is 16.4. The lowest BCUT2D eigenvalue weighted by Gasteiger charge is -2.22. The first kappa shape index (κ1) is 21.8. The fourth-order valence-corrected chi connectivity index (χ4v) is 1.54. The maximum Gasteiger partial charge on any atom is 0.325 e. The number of carbonyl (C=O) groups is 4. The molecule has 0 rings (SSSR count). The van der Waals surface area contributed by atoms with E-state index in [1.165, 1.54) is 13.8 Å². The zero-order chi connectivity index (χ0) is 19.0. The van der Waals surface area contributed by atoms with E-state index in [0.29, 0.717) is 0 Å². The van der Waals surface area contributed by atoms with Crippen LogP contribution in [-0.2, 0) is 19.2 Å². The molecule has 3 amide bonds. The number of carboxylic acid groups (broad SMARTS) is 1. The summed E-state index contributed by atoms with van der Waals surface area (Å²) < 4.78 is 0. The zero-order valence-corrected chi connectivity index (χ0v) is 14.2. The van der Waals surface area contributed by atoms with Gasteiger partial charge in [0.15, 0.2) is 0 Å². The molecule has 0 aliphatic heterocycles. The van der Waals surface area contributed by atoms with Crippen molar-refractivity contribution in [2.75, 3.05) is 6.61 Å². The number of carboxylic acids is 1. The quantitative estimate of drug-likeness (QED) is 0.269. The molecule has 0 radical (unpaired) electrons. The first-order chi connectivity index (χ1) is 11.0. The van der Waals surface area contributed by atoms with Crippen LogP contribution in [0, 0.1) is 5.92 Å². The van der Waals surface area contributed by atoms with Gasteiger partial charge in [-0.3, -0.25) is 19.2 Å². The van der Waals surface area contributed by atoms with Crippen LogP contribution in [0.5, 0.6) is 0 Å². The summed E-state index contributed by atoms with van der Waals surface area (Å²) in [6.45, 7) is 5.40. The van der Waals surface area contributed by atoms with Crippen LogP contribution in [0.25, 0.3) is 0 Å². The van der Waals surface area contributed by atoms with Gasteiger partial charge in [0, 0.05) is 0 Å². The number of aliphatic hydroxyl groups is 1. The predicted molar refractivity (Wildman–Crippen MR) is 84.7 cm³/mol. The molecular weight excluding hydrogens is 320 g/mol. The average molecular weight is 346 g/mol. The van der Waals surface area contributed by atoms with Crippen molar-refractivity contribution >= 4 is 23.7 Å². The number of rotatable bonds is 9. The van der Waals surface area contributed by atoms with Crippen molar-refractivity contribution in [3.63, 3.8) is 0 Å². The minimum atomic E-state index is -1.27. The molecule has 0 saturated carbocycles. The Labute approximate surface area is 140 Å². The summed E-state index contributed by atoms with van der Waals surface area (Å²) >= 11 is 0. The molecule has 138 valence electrons. The fourth-order valence-electron chi connectivity index (χ4n) is 1.54. The Hall–Kier alpha value is -2.20. The Kier molecular flexibility index (Phi) is 8.93. The van der Waals surface area contributed by atoms with Gasteiger partial charge in [0.2, 0.25) is 17.7 Å². The Morgan fingerprint density at radius 2 is 1.38 bits per heavy atom. The van der Waals surface area contributed by atoms with E-state index in [-0.39, 0.29) is 5.92 Å². The van der Waals surface area contributed by atoms with Crippen LogP contribution < -0.4 is 21.7 Å². The van der Waals surface area contributed by atoms with Crippen molar-refractivity contribution in [2.24, 2.45) is 11.7 Å². The summed E-state index contributed by atoms with van der Waals surface area (Å²) in [7, 11) is 0. The van der Waals surface area contributed by atoms with Crippen LogP contribution >= 0.6 is 0 Å². The standard InChI is InChI=1S/C14H26N4O6/c1-6(2)10(15)13(22)18-9(5-19)12(21)16-7(3)11(20)17-8(4)14(23)24/h6-10,19H,5,15H2,1-4H3,(H,16,21)(H,17,20)(H,18,22)(H,23,24). The van der Waals surface area contributed by atoms with Crippen LogP contribution in [0.1, 0.15) is 27.7 Å². The lowest BCUT2D eigenvalue weighted by molar-refractivity contribution is -0.141. The van der Waals surface area contributed by atoms with Crippen molar-refractivity contribution in [3.05, 3.63) is 0 Å². The molecule has 0 bridgehead atoms. The van der Waals surface area contributed by atoms with E-state index >= 15 is 0 Å². The molecule has 4 atom stereocenters. The Bertz CT molecular complexity index is 482. The van der Waals surface area contributed by atoms with Crippen LogP contribution in [-0.4, -0.2) is 64.7 Å². The van der Waals surface area contributed by atoms with E-state index in [1.54, 1.807) is 13.8 Å². The molecule has 0 aromatic heterocycles. The highest BCUT2D eigenvalue weighted by Gasteiger charge is 2.27. The zero-order valence-electron chi connectivity index (χ0n) is 14.2. The summed E-state index contributed by atoms with van der Waals surface area (Å²) in [5.41, 5.74) is 5.65. The third-order valence-electron chi connectivity index (χ3n) is 3.32. The number of nitrogens with one attached hydrogen (secondary N) is 3. The van der Waals surface area contributed by atoms with Gasteiger partial charge in [0.25, 0.3) is 0 Å². The fraction of sp³-hybridized carbons (Fsp3) is 0.714. The van der Waals surface area contributed by atoms with E-state index in [0.717, 1.165) is 0 Å². The summed E-state index contributed by atoms with van der Waals surface area (Å²) in [4.78, 5) is 46.3. The highest BCUT2D eigenvalue weighted by Crippen LogP contribution is 1.99. The van der Waals surface area contributed by atoms with Gasteiger partial charge in [0.05, 0.1) is 12.6 Å². The first-order valence-corrected chi connectivity index (χ1v) is 7.51. The Morgan fingerprint density at radius 1 is 0.875 bits per heavy atom. The molecule has 0 saturated heterocycles. The summed E-state index contributed by atoms with van der Waals surface area (Å²) in [6.07, 6.45) is 0.